The normalized spacial score (nSPS) is 23.6. The fourth-order valence-corrected chi connectivity index (χ4v) is 17.1. The lowest BCUT2D eigenvalue weighted by Crippen LogP contribution is -2.53. The maximum absolute atomic E-state index is 13.9. The number of anilines is 3. The predicted octanol–water partition coefficient (Wildman–Crippen LogP) is 13.0. The zero-order chi connectivity index (χ0) is 73.7. The van der Waals surface area contributed by atoms with Crippen molar-refractivity contribution in [2.45, 2.75) is 174 Å². The fourth-order valence-electron chi connectivity index (χ4n) is 16.3. The number of amides is 7. The van der Waals surface area contributed by atoms with Gasteiger partial charge in [0.15, 0.2) is 17.0 Å². The molecule has 7 aliphatic rings. The second-order valence-electron chi connectivity index (χ2n) is 29.1. The summed E-state index contributed by atoms with van der Waals surface area (Å²) in [6, 6.07) is 14.1. The maximum atomic E-state index is 13.9. The van der Waals surface area contributed by atoms with Crippen LogP contribution in [0.15, 0.2) is 79.5 Å². The molecule has 0 radical (unpaired) electrons. The van der Waals surface area contributed by atoms with E-state index < -0.39 is 40.0 Å². The van der Waals surface area contributed by atoms with E-state index in [1.807, 2.05) is 19.9 Å². The number of aromatic amines is 1. The van der Waals surface area contributed by atoms with Crippen molar-refractivity contribution in [2.75, 3.05) is 47.4 Å². The Labute approximate surface area is 613 Å². The average molecular weight is 1490 g/mol. The van der Waals surface area contributed by atoms with Crippen LogP contribution in [0, 0.1) is 68.3 Å². The summed E-state index contributed by atoms with van der Waals surface area (Å²) >= 11 is 18.9. The number of rotatable bonds is 10. The first-order valence-corrected chi connectivity index (χ1v) is 36.7. The Morgan fingerprint density at radius 3 is 1.44 bits per heavy atom. The molecule has 4 saturated heterocycles. The summed E-state index contributed by atoms with van der Waals surface area (Å²) in [5.41, 5.74) is 5.41. The molecule has 15 rings (SSSR count). The van der Waals surface area contributed by atoms with E-state index in [1.54, 1.807) is 82.7 Å². The molecule has 29 heteroatoms. The summed E-state index contributed by atoms with van der Waals surface area (Å²) in [7, 11) is 0. The number of hydrogen-bond donors (Lipinski definition) is 4. The molecule has 5 aromatic heterocycles. The largest absolute Gasteiger partial charge is 0.349 e. The summed E-state index contributed by atoms with van der Waals surface area (Å²) < 4.78 is 58.0. The molecule has 3 spiro atoms. The number of carbonyl (C=O) groups is 7. The molecule has 4 aliphatic heterocycles. The minimum atomic E-state index is -1.04. The van der Waals surface area contributed by atoms with E-state index in [-0.39, 0.29) is 98.8 Å². The van der Waals surface area contributed by atoms with Crippen LogP contribution in [-0.2, 0) is 14.4 Å². The van der Waals surface area contributed by atoms with Crippen molar-refractivity contribution >= 4 is 105 Å². The number of likely N-dealkylation sites (tertiary alicyclic amines) is 1. The topological polar surface area (TPSA) is 258 Å². The number of nitrogens with one attached hydrogen (secondary N) is 4. The summed E-state index contributed by atoms with van der Waals surface area (Å²) in [4.78, 5) is 114. The van der Waals surface area contributed by atoms with Crippen LogP contribution >= 0.6 is 34.8 Å². The minimum Gasteiger partial charge on any atom is -0.349 e. The molecule has 104 heavy (non-hydrogen) atoms. The van der Waals surface area contributed by atoms with E-state index in [1.165, 1.54) is 40.1 Å². The number of aryl methyl sites for hydroxylation is 5. The van der Waals surface area contributed by atoms with Gasteiger partial charge in [0, 0.05) is 71.6 Å². The van der Waals surface area contributed by atoms with Gasteiger partial charge in [0.25, 0.3) is 23.6 Å². The van der Waals surface area contributed by atoms with Gasteiger partial charge in [-0.2, -0.15) is 10.2 Å². The lowest BCUT2D eigenvalue weighted by Gasteiger charge is -2.45. The number of hydrogen-bond acceptors (Lipinski definition) is 12. The highest BCUT2D eigenvalue weighted by atomic mass is 35.5. The lowest BCUT2D eigenvalue weighted by atomic mass is 9.67. The fraction of sp³-hybridized carbons (Fsp3) is 0.467. The standard InChI is InChI=1S/C26H29ClFN5O2.C25H28ClF2N5O3.C24H25ClFN5O2/c1-15-11-22(20(27)13-21(15)28)32-10-4-7-26(25(32)35)8-5-18(6-9-26)31-24(34)19-14-29-33-17(3)12-16(2)30-23(19)33;1-14-9-19(17(26)10-18(14)28)33-8-2-5-25(24(33)36)6-3-16(4-7-25)31-22(34)20-21(30-13-29-20)23(35)32-11-15(27)12-32;1-15-12-19(17(25)13-18(15)26)30-11-3-7-24(23(30)33)8-5-16(6-9-24)29-22(32)20-14-27-21-4-2-10-28-31(20)21/h11-14,18H,4-10H2,1-3H3,(H,31,34);9-10,13,15-16H,2-8,11-12H2,1H3,(H,29,30)(H,31,34);2,4,10,12-14,16H,3,5-9,11H2,1H3,(H,29,32)/t18-,26-;16-,25+;16-,24-. The Hall–Kier alpha value is -9.01. The average Bonchev–Trinajstić information content (AvgIpc) is 0.822. The van der Waals surface area contributed by atoms with Gasteiger partial charge in [-0.15, -0.1) is 0 Å². The first-order valence-electron chi connectivity index (χ1n) is 35.6. The second kappa shape index (κ2) is 29.9. The molecule has 0 unspecified atom stereocenters. The van der Waals surface area contributed by atoms with E-state index in [2.05, 4.69) is 46.1 Å². The number of imidazole rings is 2. The molecule has 548 valence electrons. The van der Waals surface area contributed by atoms with Crippen LogP contribution < -0.4 is 30.7 Å². The summed E-state index contributed by atoms with van der Waals surface area (Å²) in [5.74, 6) is -2.38. The molecule has 0 bridgehead atoms. The molecular formula is C75H82Cl3F4N15O7. The zero-order valence-corrected chi connectivity index (χ0v) is 60.8. The van der Waals surface area contributed by atoms with E-state index in [0.29, 0.717) is 153 Å². The molecule has 3 saturated carbocycles. The maximum Gasteiger partial charge on any atom is 0.275 e. The van der Waals surface area contributed by atoms with Crippen LogP contribution in [-0.4, -0.2) is 142 Å². The molecule has 8 aromatic rings. The van der Waals surface area contributed by atoms with E-state index in [4.69, 9.17) is 34.8 Å². The third-order valence-corrected chi connectivity index (χ3v) is 23.2. The minimum absolute atomic E-state index is 0.00517. The van der Waals surface area contributed by atoms with Gasteiger partial charge in [-0.05, 0) is 221 Å². The van der Waals surface area contributed by atoms with Crippen molar-refractivity contribution in [1.82, 2.24) is 60.0 Å². The Balaban J connectivity index is 0.000000139. The number of alkyl halides is 1. The van der Waals surface area contributed by atoms with Crippen molar-refractivity contribution < 1.29 is 51.1 Å². The SMILES string of the molecule is Cc1cc(C)n2ncc(C(=O)N[C@H]3CC[C@@]4(CCCN(c5cc(C)c(F)cc5Cl)C4=O)CC3)c2n1.Cc1cc(N2CCC[C@]3(CC[C@@H](NC(=O)c4cnc5cccnn45)CC3)C2=O)c(Cl)cc1F.Cc1cc(N2CCC[C@]3(CC[C@H](NC(=O)c4[nH]cnc4C(=O)N4CC(F)C4)CC3)C2=O)c(Cl)cc1F. The van der Waals surface area contributed by atoms with Gasteiger partial charge in [-0.1, -0.05) is 34.8 Å². The van der Waals surface area contributed by atoms with Crippen molar-refractivity contribution in [3.63, 3.8) is 0 Å². The smallest absolute Gasteiger partial charge is 0.275 e. The van der Waals surface area contributed by atoms with Crippen LogP contribution in [0.5, 0.6) is 0 Å². The number of halogens is 7. The molecular weight excluding hydrogens is 1410 g/mol. The van der Waals surface area contributed by atoms with Crippen LogP contribution in [0.25, 0.3) is 11.3 Å². The van der Waals surface area contributed by atoms with Crippen LogP contribution in [0.2, 0.25) is 15.1 Å². The molecule has 3 aliphatic carbocycles. The Kier molecular flexibility index (Phi) is 21.0. The summed E-state index contributed by atoms with van der Waals surface area (Å²) in [6.45, 7) is 10.5. The third kappa shape index (κ3) is 14.5. The monoisotopic (exact) mass is 1490 g/mol. The van der Waals surface area contributed by atoms with E-state index in [9.17, 15) is 51.1 Å². The molecule has 3 aromatic carbocycles. The number of nitrogens with zero attached hydrogens (tertiary/aromatic N) is 11. The molecule has 7 fully saturated rings. The highest BCUT2D eigenvalue weighted by Gasteiger charge is 2.50. The Bertz CT molecular complexity index is 4690. The van der Waals surface area contributed by atoms with Crippen molar-refractivity contribution in [3.8, 4) is 0 Å². The summed E-state index contributed by atoms with van der Waals surface area (Å²) in [5, 5.41) is 18.4. The predicted molar refractivity (Wildman–Crippen MR) is 385 cm³/mol. The highest BCUT2D eigenvalue weighted by molar-refractivity contribution is 6.35. The molecule has 22 nitrogen and oxygen atoms in total. The van der Waals surface area contributed by atoms with Gasteiger partial charge < -0.3 is 40.5 Å². The first-order chi connectivity index (χ1) is 49.7. The number of carbonyl (C=O) groups excluding carboxylic acids is 7. The number of aromatic nitrogens is 8. The molecule has 4 N–H and O–H groups in total. The molecule has 7 amide bonds. The number of piperidine rings is 3. The van der Waals surface area contributed by atoms with E-state index >= 15 is 0 Å². The first kappa shape index (κ1) is 73.3. The van der Waals surface area contributed by atoms with Gasteiger partial charge in [0.1, 0.15) is 40.6 Å². The number of benzene rings is 3. The van der Waals surface area contributed by atoms with Crippen molar-refractivity contribution in [1.29, 1.82) is 0 Å². The number of fused-ring (bicyclic) bond motifs is 2. The van der Waals surface area contributed by atoms with Crippen LogP contribution in [0.1, 0.15) is 185 Å². The molecule has 0 atom stereocenters. The molecule has 9 heterocycles. The zero-order valence-electron chi connectivity index (χ0n) is 58.5. The van der Waals surface area contributed by atoms with E-state index in [0.717, 1.165) is 49.9 Å². The lowest BCUT2D eigenvalue weighted by molar-refractivity contribution is -0.133. The van der Waals surface area contributed by atoms with Crippen LogP contribution in [0.4, 0.5) is 34.6 Å². The van der Waals surface area contributed by atoms with Gasteiger partial charge in [0.05, 0.1) is 63.9 Å². The Morgan fingerprint density at radius 2 is 0.990 bits per heavy atom. The van der Waals surface area contributed by atoms with Gasteiger partial charge in [-0.25, -0.2) is 41.5 Å². The van der Waals surface area contributed by atoms with Gasteiger partial charge in [-0.3, -0.25) is 33.6 Å². The van der Waals surface area contributed by atoms with Crippen LogP contribution in [0.3, 0.4) is 0 Å². The van der Waals surface area contributed by atoms with Gasteiger partial charge >= 0.3 is 0 Å². The highest BCUT2D eigenvalue weighted by Crippen LogP contribution is 2.50. The van der Waals surface area contributed by atoms with Gasteiger partial charge in [0.2, 0.25) is 17.7 Å². The second-order valence-corrected chi connectivity index (χ2v) is 30.3. The Morgan fingerprint density at radius 1 is 0.548 bits per heavy atom. The number of H-pyrrole nitrogens is 1. The van der Waals surface area contributed by atoms with Crippen molar-refractivity contribution in [2.24, 2.45) is 16.2 Å². The van der Waals surface area contributed by atoms with Crippen molar-refractivity contribution in [3.05, 3.63) is 163 Å². The third-order valence-electron chi connectivity index (χ3n) is 22.3. The summed E-state index contributed by atoms with van der Waals surface area (Å²) in [6.07, 6.45) is 17.9. The quantitative estimate of drug-likeness (QED) is 0.0932.